The van der Waals surface area contributed by atoms with Crippen LogP contribution in [0, 0.1) is 0 Å². The van der Waals surface area contributed by atoms with Crippen LogP contribution in [0.4, 0.5) is 5.95 Å². The van der Waals surface area contributed by atoms with Crippen molar-refractivity contribution in [1.29, 1.82) is 0 Å². The number of methoxy groups -OCH3 is 1. The van der Waals surface area contributed by atoms with Crippen molar-refractivity contribution in [3.8, 4) is 11.1 Å². The smallest absolute Gasteiger partial charge is 0.224 e. The van der Waals surface area contributed by atoms with Gasteiger partial charge in [0.2, 0.25) is 5.95 Å². The molecule has 3 aromatic rings. The number of hydrogen-bond acceptors (Lipinski definition) is 7. The zero-order valence-corrected chi connectivity index (χ0v) is 21.9. The molecule has 1 saturated carbocycles. The van der Waals surface area contributed by atoms with Crippen LogP contribution < -0.4 is 5.32 Å². The Kier molecular flexibility index (Phi) is 7.86. The highest BCUT2D eigenvalue weighted by Gasteiger charge is 2.24. The van der Waals surface area contributed by atoms with Crippen molar-refractivity contribution in [2.75, 3.05) is 52.3 Å². The lowest BCUT2D eigenvalue weighted by Gasteiger charge is -2.32. The second-order valence-electron chi connectivity index (χ2n) is 10.6. The topological polar surface area (TPSA) is 78.7 Å². The summed E-state index contributed by atoms with van der Waals surface area (Å²) in [6.07, 6.45) is 7.61. The number of ether oxygens (including phenoxy) is 1. The van der Waals surface area contributed by atoms with E-state index < -0.39 is 0 Å². The molecule has 8 heteroatoms. The van der Waals surface area contributed by atoms with Crippen molar-refractivity contribution < 1.29 is 9.84 Å². The van der Waals surface area contributed by atoms with Crippen molar-refractivity contribution in [1.82, 2.24) is 24.3 Å². The molecule has 36 heavy (non-hydrogen) atoms. The van der Waals surface area contributed by atoms with Crippen LogP contribution in [0.2, 0.25) is 0 Å². The van der Waals surface area contributed by atoms with Gasteiger partial charge in [0.25, 0.3) is 0 Å². The summed E-state index contributed by atoms with van der Waals surface area (Å²) in [5.41, 5.74) is 4.66. The van der Waals surface area contributed by atoms with E-state index in [0.717, 1.165) is 69.4 Å². The minimum Gasteiger partial charge on any atom is -0.393 e. The summed E-state index contributed by atoms with van der Waals surface area (Å²) >= 11 is 0. The summed E-state index contributed by atoms with van der Waals surface area (Å²) in [6, 6.07) is 9.45. The maximum atomic E-state index is 10.1. The standard InChI is InChI=1S/C28H40N6O2/c1-20(19-36-3)30-28-29-16-25-26(18-34(27(25)31-28)23-8-10-24(35)11-9-23)22-6-4-21(5-7-22)17-33-14-12-32(2)13-15-33/h4-7,16,18,20,23-24,35H,8-15,17,19H2,1-3H3,(H,29,30,31)/t20-,23-,24-/m0/s1. The Hall–Kier alpha value is -2.52. The van der Waals surface area contributed by atoms with Crippen LogP contribution in [-0.4, -0.2) is 88.5 Å². The molecule has 0 unspecified atom stereocenters. The molecular formula is C28H40N6O2. The summed E-state index contributed by atoms with van der Waals surface area (Å²) in [5, 5.41) is 14.5. The van der Waals surface area contributed by atoms with Crippen molar-refractivity contribution in [3.05, 3.63) is 42.2 Å². The first-order valence-electron chi connectivity index (χ1n) is 13.3. The highest BCUT2D eigenvalue weighted by atomic mass is 16.5. The molecule has 0 radical (unpaired) electrons. The summed E-state index contributed by atoms with van der Waals surface area (Å²) in [4.78, 5) is 14.5. The molecular weight excluding hydrogens is 452 g/mol. The second kappa shape index (κ2) is 11.3. The number of aliphatic hydroxyl groups is 1. The third-order valence-corrected chi connectivity index (χ3v) is 7.69. The molecule has 1 saturated heterocycles. The molecule has 0 spiro atoms. The summed E-state index contributed by atoms with van der Waals surface area (Å²) < 4.78 is 7.59. The van der Waals surface area contributed by atoms with Crippen LogP contribution in [0.25, 0.3) is 22.2 Å². The van der Waals surface area contributed by atoms with Crippen molar-refractivity contribution in [2.24, 2.45) is 0 Å². The van der Waals surface area contributed by atoms with Crippen molar-refractivity contribution in [3.63, 3.8) is 0 Å². The van der Waals surface area contributed by atoms with Gasteiger partial charge in [0.05, 0.1) is 12.7 Å². The number of aromatic nitrogens is 3. The van der Waals surface area contributed by atoms with Crippen LogP contribution in [0.5, 0.6) is 0 Å². The van der Waals surface area contributed by atoms with Crippen LogP contribution in [0.1, 0.15) is 44.2 Å². The van der Waals surface area contributed by atoms with Gasteiger partial charge in [-0.15, -0.1) is 0 Å². The first-order valence-corrected chi connectivity index (χ1v) is 13.3. The highest BCUT2D eigenvalue weighted by molar-refractivity contribution is 5.94. The molecule has 1 aliphatic heterocycles. The van der Waals surface area contributed by atoms with E-state index in [-0.39, 0.29) is 12.1 Å². The third-order valence-electron chi connectivity index (χ3n) is 7.69. The minimum absolute atomic E-state index is 0.119. The zero-order chi connectivity index (χ0) is 25.1. The molecule has 1 aromatic carbocycles. The Morgan fingerprint density at radius 2 is 1.81 bits per heavy atom. The summed E-state index contributed by atoms with van der Waals surface area (Å²) in [5.74, 6) is 0.622. The maximum absolute atomic E-state index is 10.1. The number of likely N-dealkylation sites (N-methyl/N-ethyl adjacent to an activating group) is 1. The molecule has 0 amide bonds. The zero-order valence-electron chi connectivity index (χ0n) is 21.9. The molecule has 1 atom stereocenters. The quantitative estimate of drug-likeness (QED) is 0.496. The first-order chi connectivity index (χ1) is 17.5. The molecule has 194 valence electrons. The minimum atomic E-state index is -0.183. The van der Waals surface area contributed by atoms with Crippen molar-refractivity contribution >= 4 is 17.0 Å². The van der Waals surface area contributed by atoms with E-state index >= 15 is 0 Å². The molecule has 1 aliphatic carbocycles. The monoisotopic (exact) mass is 492 g/mol. The second-order valence-corrected chi connectivity index (χ2v) is 10.6. The molecule has 8 nitrogen and oxygen atoms in total. The molecule has 0 bridgehead atoms. The molecule has 5 rings (SSSR count). The van der Waals surface area contributed by atoms with E-state index in [4.69, 9.17) is 9.72 Å². The Labute approximate surface area is 214 Å². The van der Waals surface area contributed by atoms with E-state index in [0.29, 0.717) is 18.6 Å². The molecule has 3 heterocycles. The fourth-order valence-electron chi connectivity index (χ4n) is 5.51. The SMILES string of the molecule is COC[C@H](C)Nc1ncc2c(-c3ccc(CN4CCN(C)CC4)cc3)cn([C@H]3CC[C@H](O)CC3)c2n1. The Morgan fingerprint density at radius 3 is 2.50 bits per heavy atom. The van der Waals surface area contributed by atoms with E-state index in [2.05, 4.69) is 69.1 Å². The lowest BCUT2D eigenvalue weighted by atomic mass is 9.93. The number of hydrogen-bond donors (Lipinski definition) is 2. The lowest BCUT2D eigenvalue weighted by Crippen LogP contribution is -2.43. The Morgan fingerprint density at radius 1 is 1.08 bits per heavy atom. The number of piperazine rings is 1. The Bertz CT molecular complexity index is 1130. The van der Waals surface area contributed by atoms with Gasteiger partial charge in [0.15, 0.2) is 0 Å². The largest absolute Gasteiger partial charge is 0.393 e. The number of fused-ring (bicyclic) bond motifs is 1. The van der Waals surface area contributed by atoms with Gasteiger partial charge < -0.3 is 24.6 Å². The van der Waals surface area contributed by atoms with Gasteiger partial charge in [-0.25, -0.2) is 4.98 Å². The number of anilines is 1. The van der Waals surface area contributed by atoms with Crippen LogP contribution in [0.15, 0.2) is 36.7 Å². The average Bonchev–Trinajstić information content (AvgIpc) is 3.25. The average molecular weight is 493 g/mol. The van der Waals surface area contributed by atoms with Crippen LogP contribution in [-0.2, 0) is 11.3 Å². The predicted octanol–water partition coefficient (Wildman–Crippen LogP) is 3.77. The summed E-state index contributed by atoms with van der Waals surface area (Å²) in [7, 11) is 3.90. The van der Waals surface area contributed by atoms with E-state index in [9.17, 15) is 5.11 Å². The van der Waals surface area contributed by atoms with E-state index in [1.807, 2.05) is 6.20 Å². The number of benzene rings is 1. The van der Waals surface area contributed by atoms with Crippen molar-refractivity contribution in [2.45, 2.75) is 57.3 Å². The van der Waals surface area contributed by atoms with Gasteiger partial charge in [-0.05, 0) is 50.8 Å². The van der Waals surface area contributed by atoms with Gasteiger partial charge in [-0.3, -0.25) is 4.90 Å². The molecule has 2 N–H and O–H groups in total. The van der Waals surface area contributed by atoms with E-state index in [1.54, 1.807) is 7.11 Å². The van der Waals surface area contributed by atoms with Crippen LogP contribution >= 0.6 is 0 Å². The first kappa shape index (κ1) is 25.1. The third kappa shape index (κ3) is 5.72. The number of aliphatic hydroxyl groups excluding tert-OH is 1. The lowest BCUT2D eigenvalue weighted by molar-refractivity contribution is 0.111. The van der Waals surface area contributed by atoms with Gasteiger partial charge in [0.1, 0.15) is 5.65 Å². The molecule has 2 aliphatic rings. The normalized spacial score (nSPS) is 22.7. The van der Waals surface area contributed by atoms with Gasteiger partial charge in [0, 0.05) is 75.3 Å². The summed E-state index contributed by atoms with van der Waals surface area (Å²) in [6.45, 7) is 8.17. The predicted molar refractivity (Wildman–Crippen MR) is 144 cm³/mol. The fourth-order valence-corrected chi connectivity index (χ4v) is 5.51. The van der Waals surface area contributed by atoms with Gasteiger partial charge in [-0.1, -0.05) is 24.3 Å². The highest BCUT2D eigenvalue weighted by Crippen LogP contribution is 2.36. The molecule has 2 aromatic heterocycles. The van der Waals surface area contributed by atoms with Gasteiger partial charge >= 0.3 is 0 Å². The molecule has 2 fully saturated rings. The maximum Gasteiger partial charge on any atom is 0.224 e. The number of rotatable bonds is 8. The van der Waals surface area contributed by atoms with E-state index in [1.165, 1.54) is 16.7 Å². The number of nitrogens with zero attached hydrogens (tertiary/aromatic N) is 5. The van der Waals surface area contributed by atoms with Crippen LogP contribution in [0.3, 0.4) is 0 Å². The van der Waals surface area contributed by atoms with Gasteiger partial charge in [-0.2, -0.15) is 4.98 Å². The Balaban J connectivity index is 1.42. The fraction of sp³-hybridized carbons (Fsp3) is 0.571. The number of nitrogens with one attached hydrogen (secondary N) is 1.